The minimum absolute atomic E-state index is 0. The summed E-state index contributed by atoms with van der Waals surface area (Å²) >= 11 is 0. The summed E-state index contributed by atoms with van der Waals surface area (Å²) in [5, 5.41) is 2.37. The average molecular weight is 237 g/mol. The van der Waals surface area contributed by atoms with E-state index in [0.717, 1.165) is 6.08 Å². The fourth-order valence-corrected chi connectivity index (χ4v) is 1.86. The Balaban J connectivity index is 0. The maximum absolute atomic E-state index is 10.8. The van der Waals surface area contributed by atoms with Crippen LogP contribution in [0.25, 0.3) is 0 Å². The van der Waals surface area contributed by atoms with E-state index in [1.54, 1.807) is 0 Å². The van der Waals surface area contributed by atoms with Crippen LogP contribution in [-0.2, 0) is 14.9 Å². The van der Waals surface area contributed by atoms with E-state index in [0.29, 0.717) is 0 Å². The molecule has 0 aliphatic rings. The first-order valence-electron chi connectivity index (χ1n) is 3.56. The predicted molar refractivity (Wildman–Crippen MR) is 58.8 cm³/mol. The third-order valence-corrected chi connectivity index (χ3v) is 2.28. The molecule has 14 heavy (non-hydrogen) atoms. The molecule has 0 aromatic heterocycles. The number of rotatable bonds is 4. The van der Waals surface area contributed by atoms with Crippen LogP contribution in [0.3, 0.4) is 0 Å². The van der Waals surface area contributed by atoms with Gasteiger partial charge in [-0.25, -0.2) is 0 Å². The zero-order valence-electron chi connectivity index (χ0n) is 7.57. The molecule has 0 spiro atoms. The quantitative estimate of drug-likeness (QED) is 0.364. The standard InChI is InChI=1S/C7H13NO4S.Al.3H/c1-4-6(9)8-7(2,3)5-13(10,11)12;;;;/h4H,1,5H2,2-3H3,(H,8,9)(H,10,11,12);;;;. The van der Waals surface area contributed by atoms with Crippen molar-refractivity contribution in [1.82, 2.24) is 5.32 Å². The summed E-state index contributed by atoms with van der Waals surface area (Å²) < 4.78 is 29.5. The van der Waals surface area contributed by atoms with Gasteiger partial charge in [-0.3, -0.25) is 9.35 Å². The molecule has 0 saturated heterocycles. The molecule has 0 heterocycles. The lowest BCUT2D eigenvalue weighted by atomic mass is 10.1. The highest BCUT2D eigenvalue weighted by molar-refractivity contribution is 7.85. The predicted octanol–water partition coefficient (Wildman–Crippen LogP) is -1.23. The van der Waals surface area contributed by atoms with Gasteiger partial charge in [-0.05, 0) is 19.9 Å². The van der Waals surface area contributed by atoms with Gasteiger partial charge in [0.15, 0.2) is 17.4 Å². The molecule has 0 radical (unpaired) electrons. The highest BCUT2D eigenvalue weighted by atomic mass is 32.2. The Morgan fingerprint density at radius 2 is 2.00 bits per heavy atom. The molecule has 5 nitrogen and oxygen atoms in total. The van der Waals surface area contributed by atoms with E-state index in [9.17, 15) is 13.2 Å². The number of nitrogens with one attached hydrogen (secondary N) is 1. The Morgan fingerprint density at radius 1 is 1.57 bits per heavy atom. The van der Waals surface area contributed by atoms with Crippen molar-refractivity contribution in [3.8, 4) is 0 Å². The zero-order valence-corrected chi connectivity index (χ0v) is 8.39. The van der Waals surface area contributed by atoms with Gasteiger partial charge in [0.2, 0.25) is 5.91 Å². The smallest absolute Gasteiger partial charge is 0.267 e. The third kappa shape index (κ3) is 8.26. The molecular formula is C7H16AlNO4S. The van der Waals surface area contributed by atoms with Crippen LogP contribution < -0.4 is 5.32 Å². The van der Waals surface area contributed by atoms with Gasteiger partial charge in [0.25, 0.3) is 10.1 Å². The van der Waals surface area contributed by atoms with Gasteiger partial charge in [-0.2, -0.15) is 8.42 Å². The van der Waals surface area contributed by atoms with Crippen LogP contribution in [0.15, 0.2) is 12.7 Å². The second-order valence-corrected chi connectivity index (χ2v) is 4.76. The van der Waals surface area contributed by atoms with Gasteiger partial charge in [-0.15, -0.1) is 0 Å². The molecule has 0 aromatic rings. The SMILES string of the molecule is C=CC(=O)NC(C)(C)CS(=O)(=O)O.[AlH3]. The van der Waals surface area contributed by atoms with E-state index >= 15 is 0 Å². The van der Waals surface area contributed by atoms with Crippen molar-refractivity contribution in [3.05, 3.63) is 12.7 Å². The monoisotopic (exact) mass is 237 g/mol. The van der Waals surface area contributed by atoms with Crippen LogP contribution in [0.5, 0.6) is 0 Å². The molecule has 0 bridgehead atoms. The topological polar surface area (TPSA) is 83.5 Å². The van der Waals surface area contributed by atoms with Crippen molar-refractivity contribution in [1.29, 1.82) is 0 Å². The summed E-state index contributed by atoms with van der Waals surface area (Å²) in [6.45, 7) is 6.19. The first kappa shape index (κ1) is 16.1. The number of carbonyl (C=O) groups is 1. The molecule has 1 amide bonds. The summed E-state index contributed by atoms with van der Waals surface area (Å²) in [5.74, 6) is -1.01. The van der Waals surface area contributed by atoms with Crippen molar-refractivity contribution in [3.63, 3.8) is 0 Å². The van der Waals surface area contributed by atoms with Gasteiger partial charge < -0.3 is 5.32 Å². The molecule has 0 saturated carbocycles. The van der Waals surface area contributed by atoms with Crippen molar-refractivity contribution >= 4 is 33.4 Å². The summed E-state index contributed by atoms with van der Waals surface area (Å²) in [6, 6.07) is 0. The molecular weight excluding hydrogens is 221 g/mol. The third-order valence-electron chi connectivity index (χ3n) is 1.19. The van der Waals surface area contributed by atoms with Crippen LogP contribution in [0.4, 0.5) is 0 Å². The fraction of sp³-hybridized carbons (Fsp3) is 0.571. The van der Waals surface area contributed by atoms with Crippen LogP contribution in [-0.4, -0.2) is 47.5 Å². The maximum Gasteiger partial charge on any atom is 0.267 e. The first-order valence-corrected chi connectivity index (χ1v) is 5.17. The molecule has 0 aromatic carbocycles. The molecule has 0 atom stereocenters. The minimum atomic E-state index is -4.08. The van der Waals surface area contributed by atoms with Gasteiger partial charge in [0.1, 0.15) is 0 Å². The largest absolute Gasteiger partial charge is 0.347 e. The summed E-state index contributed by atoms with van der Waals surface area (Å²) in [4.78, 5) is 10.8. The van der Waals surface area contributed by atoms with Crippen molar-refractivity contribution < 1.29 is 17.8 Å². The summed E-state index contributed by atoms with van der Waals surface area (Å²) in [7, 11) is -4.08. The molecule has 82 valence electrons. The van der Waals surface area contributed by atoms with Crippen LogP contribution in [0.1, 0.15) is 13.8 Å². The Hall–Kier alpha value is -0.348. The van der Waals surface area contributed by atoms with Gasteiger partial charge >= 0.3 is 0 Å². The molecule has 0 fully saturated rings. The molecule has 0 unspecified atom stereocenters. The lowest BCUT2D eigenvalue weighted by Crippen LogP contribution is -2.47. The number of hydrogen-bond donors (Lipinski definition) is 2. The Morgan fingerprint density at radius 3 is 2.29 bits per heavy atom. The van der Waals surface area contributed by atoms with Crippen LogP contribution in [0.2, 0.25) is 0 Å². The number of carbonyl (C=O) groups excluding carboxylic acids is 1. The normalized spacial score (nSPS) is 11.4. The Labute approximate surface area is 94.5 Å². The van der Waals surface area contributed by atoms with E-state index in [1.165, 1.54) is 13.8 Å². The van der Waals surface area contributed by atoms with E-state index in [-0.39, 0.29) is 17.4 Å². The first-order chi connectivity index (χ1) is 5.66. The van der Waals surface area contributed by atoms with E-state index in [1.807, 2.05) is 0 Å². The highest BCUT2D eigenvalue weighted by Gasteiger charge is 2.25. The molecule has 7 heteroatoms. The molecule has 2 N–H and O–H groups in total. The van der Waals surface area contributed by atoms with E-state index in [2.05, 4.69) is 11.9 Å². The zero-order chi connectivity index (χ0) is 10.7. The summed E-state index contributed by atoms with van der Waals surface area (Å²) in [5.41, 5.74) is -1.00. The lowest BCUT2D eigenvalue weighted by molar-refractivity contribution is -0.117. The second kappa shape index (κ2) is 5.51. The Bertz CT molecular complexity index is 310. The van der Waals surface area contributed by atoms with Gasteiger partial charge in [-0.1, -0.05) is 6.58 Å². The molecule has 0 rings (SSSR count). The van der Waals surface area contributed by atoms with Crippen LogP contribution >= 0.6 is 0 Å². The van der Waals surface area contributed by atoms with Crippen molar-refractivity contribution in [2.24, 2.45) is 0 Å². The maximum atomic E-state index is 10.8. The number of hydrogen-bond acceptors (Lipinski definition) is 3. The van der Waals surface area contributed by atoms with E-state index in [4.69, 9.17) is 4.55 Å². The van der Waals surface area contributed by atoms with Gasteiger partial charge in [0, 0.05) is 0 Å². The van der Waals surface area contributed by atoms with Crippen molar-refractivity contribution in [2.75, 3.05) is 5.75 Å². The fourth-order valence-electron chi connectivity index (χ4n) is 0.877. The Kier molecular flexibility index (Phi) is 6.34. The molecule has 0 aliphatic carbocycles. The second-order valence-electron chi connectivity index (χ2n) is 3.30. The molecule has 0 aliphatic heterocycles. The van der Waals surface area contributed by atoms with Gasteiger partial charge in [0.05, 0.1) is 11.3 Å². The lowest BCUT2D eigenvalue weighted by Gasteiger charge is -2.23. The minimum Gasteiger partial charge on any atom is -0.347 e. The summed E-state index contributed by atoms with van der Waals surface area (Å²) in [6.07, 6.45) is 1.03. The highest BCUT2D eigenvalue weighted by Crippen LogP contribution is 2.05. The van der Waals surface area contributed by atoms with Crippen LogP contribution in [0, 0.1) is 0 Å². The van der Waals surface area contributed by atoms with E-state index < -0.39 is 27.3 Å². The number of amides is 1. The van der Waals surface area contributed by atoms with Crippen molar-refractivity contribution in [2.45, 2.75) is 19.4 Å². The average Bonchev–Trinajstić information content (AvgIpc) is 1.80.